The predicted molar refractivity (Wildman–Crippen MR) is 70.9 cm³/mol. The van der Waals surface area contributed by atoms with Gasteiger partial charge in [0, 0.05) is 17.8 Å². The Morgan fingerprint density at radius 2 is 1.78 bits per heavy atom. The molecule has 2 rings (SSSR count). The van der Waals surface area contributed by atoms with Crippen LogP contribution >= 0.6 is 0 Å². The molecule has 0 heterocycles. The van der Waals surface area contributed by atoms with Crippen molar-refractivity contribution in [2.24, 2.45) is 0 Å². The average Bonchev–Trinajstić information content (AvgIpc) is 2.42. The normalized spacial score (nSPS) is 10.3. The molecular formula is C14H16N2O2. The molecular weight excluding hydrogens is 228 g/mol. The molecule has 0 unspecified atom stereocenters. The zero-order valence-corrected chi connectivity index (χ0v) is 9.93. The van der Waals surface area contributed by atoms with Crippen LogP contribution in [-0.4, -0.2) is 10.2 Å². The molecule has 94 valence electrons. The van der Waals surface area contributed by atoms with Crippen LogP contribution < -0.4 is 10.9 Å². The Hall–Kier alpha value is -2.04. The molecule has 4 N–H and O–H groups in total. The number of nitrogens with one attached hydrogen (secondary N) is 2. The van der Waals surface area contributed by atoms with E-state index in [2.05, 4.69) is 10.9 Å². The average molecular weight is 244 g/mol. The minimum atomic E-state index is -0.0284. The highest BCUT2D eigenvalue weighted by atomic mass is 16.3. The molecule has 0 aliphatic heterocycles. The quantitative estimate of drug-likeness (QED) is 0.607. The van der Waals surface area contributed by atoms with Gasteiger partial charge >= 0.3 is 0 Å². The molecule has 0 aliphatic carbocycles. The number of rotatable bonds is 5. The van der Waals surface area contributed by atoms with Gasteiger partial charge in [-0.25, -0.2) is 5.43 Å². The molecule has 0 bridgehead atoms. The molecule has 18 heavy (non-hydrogen) atoms. The van der Waals surface area contributed by atoms with E-state index in [1.54, 1.807) is 18.2 Å². The van der Waals surface area contributed by atoms with E-state index in [-0.39, 0.29) is 12.4 Å². The number of phenolic OH excluding ortho intramolecular Hbond substituents is 1. The minimum Gasteiger partial charge on any atom is -0.508 e. The summed E-state index contributed by atoms with van der Waals surface area (Å²) < 4.78 is 0. The van der Waals surface area contributed by atoms with Crippen molar-refractivity contribution in [3.8, 4) is 5.75 Å². The first-order chi connectivity index (χ1) is 8.79. The highest BCUT2D eigenvalue weighted by Gasteiger charge is 2.02. The van der Waals surface area contributed by atoms with Gasteiger partial charge in [-0.05, 0) is 29.8 Å². The number of aliphatic hydroxyl groups is 1. The van der Waals surface area contributed by atoms with Crippen molar-refractivity contribution in [2.45, 2.75) is 13.2 Å². The molecule has 0 amide bonds. The Morgan fingerprint density at radius 1 is 1.00 bits per heavy atom. The molecule has 0 atom stereocenters. The van der Waals surface area contributed by atoms with Crippen LogP contribution in [0.4, 0.5) is 5.69 Å². The van der Waals surface area contributed by atoms with Crippen LogP contribution in [0.3, 0.4) is 0 Å². The summed E-state index contributed by atoms with van der Waals surface area (Å²) in [6.45, 7) is 0.438. The largest absolute Gasteiger partial charge is 0.508 e. The van der Waals surface area contributed by atoms with Crippen LogP contribution in [-0.2, 0) is 13.2 Å². The number of para-hydroxylation sites is 1. The summed E-state index contributed by atoms with van der Waals surface area (Å²) in [4.78, 5) is 0. The van der Waals surface area contributed by atoms with Crippen molar-refractivity contribution in [1.82, 2.24) is 5.43 Å². The van der Waals surface area contributed by atoms with Crippen molar-refractivity contribution >= 4 is 5.69 Å². The first kappa shape index (κ1) is 12.4. The van der Waals surface area contributed by atoms with Gasteiger partial charge in [0.1, 0.15) is 5.75 Å². The van der Waals surface area contributed by atoms with Crippen LogP contribution in [0.25, 0.3) is 0 Å². The second-order valence-corrected chi connectivity index (χ2v) is 3.97. The third kappa shape index (κ3) is 3.23. The molecule has 0 aromatic heterocycles. The Kier molecular flexibility index (Phi) is 4.17. The van der Waals surface area contributed by atoms with Crippen molar-refractivity contribution in [2.75, 3.05) is 5.43 Å². The summed E-state index contributed by atoms with van der Waals surface area (Å²) in [6.07, 6.45) is 0. The van der Waals surface area contributed by atoms with E-state index in [1.165, 1.54) is 0 Å². The maximum atomic E-state index is 9.68. The Balaban J connectivity index is 1.94. The maximum Gasteiger partial charge on any atom is 0.120 e. The molecule has 0 aliphatic rings. The fourth-order valence-corrected chi connectivity index (χ4v) is 1.64. The first-order valence-electron chi connectivity index (χ1n) is 5.75. The summed E-state index contributed by atoms with van der Waals surface area (Å²) in [6, 6.07) is 14.8. The van der Waals surface area contributed by atoms with Crippen molar-refractivity contribution in [3.63, 3.8) is 0 Å². The topological polar surface area (TPSA) is 64.5 Å². The number of phenols is 1. The highest BCUT2D eigenvalue weighted by Crippen LogP contribution is 2.18. The molecule has 0 fully saturated rings. The van der Waals surface area contributed by atoms with E-state index in [1.807, 2.05) is 30.3 Å². The van der Waals surface area contributed by atoms with Crippen LogP contribution in [0, 0.1) is 0 Å². The second-order valence-electron chi connectivity index (χ2n) is 3.97. The molecule has 0 saturated heterocycles. The number of benzene rings is 2. The number of aliphatic hydroxyl groups excluding tert-OH is 1. The lowest BCUT2D eigenvalue weighted by molar-refractivity contribution is 0.281. The monoisotopic (exact) mass is 244 g/mol. The zero-order chi connectivity index (χ0) is 12.8. The van der Waals surface area contributed by atoms with E-state index >= 15 is 0 Å². The van der Waals surface area contributed by atoms with Gasteiger partial charge in [-0.2, -0.15) is 0 Å². The molecule has 0 spiro atoms. The summed E-state index contributed by atoms with van der Waals surface area (Å²) in [5.41, 5.74) is 8.53. The minimum absolute atomic E-state index is 0.0284. The smallest absolute Gasteiger partial charge is 0.120 e. The van der Waals surface area contributed by atoms with Crippen molar-refractivity contribution < 1.29 is 10.2 Å². The number of hydrazine groups is 1. The van der Waals surface area contributed by atoms with Crippen LogP contribution in [0.15, 0.2) is 48.5 Å². The van der Waals surface area contributed by atoms with Crippen molar-refractivity contribution in [1.29, 1.82) is 0 Å². The Labute approximate surface area is 106 Å². The third-order valence-corrected chi connectivity index (χ3v) is 2.61. The standard InChI is InChI=1S/C14H16N2O2/c17-10-11-6-7-14(18)12(8-11)9-15-16-13-4-2-1-3-5-13/h1-8,15-18H,9-10H2. The predicted octanol–water partition coefficient (Wildman–Crippen LogP) is 2.00. The number of hydrogen-bond acceptors (Lipinski definition) is 4. The van der Waals surface area contributed by atoms with E-state index < -0.39 is 0 Å². The molecule has 2 aromatic carbocycles. The number of hydrogen-bond donors (Lipinski definition) is 4. The number of aromatic hydroxyl groups is 1. The van der Waals surface area contributed by atoms with E-state index in [0.717, 1.165) is 16.8 Å². The van der Waals surface area contributed by atoms with Gasteiger partial charge in [0.2, 0.25) is 0 Å². The molecule has 4 heteroatoms. The highest BCUT2D eigenvalue weighted by molar-refractivity contribution is 5.42. The van der Waals surface area contributed by atoms with Gasteiger partial charge in [0.05, 0.1) is 6.61 Å². The van der Waals surface area contributed by atoms with Gasteiger partial charge in [-0.1, -0.05) is 24.3 Å². The van der Waals surface area contributed by atoms with Gasteiger partial charge in [-0.3, -0.25) is 0 Å². The van der Waals surface area contributed by atoms with Crippen molar-refractivity contribution in [3.05, 3.63) is 59.7 Å². The lowest BCUT2D eigenvalue weighted by Crippen LogP contribution is -2.20. The lowest BCUT2D eigenvalue weighted by atomic mass is 10.1. The summed E-state index contributed by atoms with van der Waals surface area (Å²) in [5.74, 6) is 0.217. The van der Waals surface area contributed by atoms with E-state index in [4.69, 9.17) is 5.11 Å². The Morgan fingerprint density at radius 3 is 2.50 bits per heavy atom. The lowest BCUT2D eigenvalue weighted by Gasteiger charge is -2.10. The summed E-state index contributed by atoms with van der Waals surface area (Å²) in [7, 11) is 0. The fraction of sp³-hybridized carbons (Fsp3) is 0.143. The van der Waals surface area contributed by atoms with Gasteiger partial charge in [-0.15, -0.1) is 0 Å². The molecule has 0 radical (unpaired) electrons. The Bertz CT molecular complexity index is 500. The van der Waals surface area contributed by atoms with Crippen LogP contribution in [0.2, 0.25) is 0 Å². The second kappa shape index (κ2) is 6.05. The van der Waals surface area contributed by atoms with Gasteiger partial charge < -0.3 is 15.6 Å². The summed E-state index contributed by atoms with van der Waals surface area (Å²) in [5, 5.41) is 18.7. The first-order valence-corrected chi connectivity index (χ1v) is 5.75. The van der Waals surface area contributed by atoms with Gasteiger partial charge in [0.15, 0.2) is 0 Å². The van der Waals surface area contributed by atoms with E-state index in [9.17, 15) is 5.11 Å². The molecule has 0 saturated carbocycles. The van der Waals surface area contributed by atoms with Crippen LogP contribution in [0.1, 0.15) is 11.1 Å². The SMILES string of the molecule is OCc1ccc(O)c(CNNc2ccccc2)c1. The third-order valence-electron chi connectivity index (χ3n) is 2.61. The number of anilines is 1. The zero-order valence-electron chi connectivity index (χ0n) is 9.93. The fourth-order valence-electron chi connectivity index (χ4n) is 1.64. The molecule has 2 aromatic rings. The van der Waals surface area contributed by atoms with E-state index in [0.29, 0.717) is 6.54 Å². The maximum absolute atomic E-state index is 9.68. The van der Waals surface area contributed by atoms with Crippen LogP contribution in [0.5, 0.6) is 5.75 Å². The van der Waals surface area contributed by atoms with Gasteiger partial charge in [0.25, 0.3) is 0 Å². The summed E-state index contributed by atoms with van der Waals surface area (Å²) >= 11 is 0. The molecule has 4 nitrogen and oxygen atoms in total.